The monoisotopic (exact) mass is 267 g/mol. The number of amides is 1. The van der Waals surface area contributed by atoms with Gasteiger partial charge in [0.05, 0.1) is 5.56 Å². The van der Waals surface area contributed by atoms with Gasteiger partial charge in [-0.1, -0.05) is 31.2 Å². The van der Waals surface area contributed by atoms with E-state index in [9.17, 15) is 9.90 Å². The number of carbonyl (C=O) groups is 1. The van der Waals surface area contributed by atoms with Gasteiger partial charge >= 0.3 is 0 Å². The van der Waals surface area contributed by atoms with Crippen LogP contribution in [0.5, 0.6) is 5.75 Å². The molecule has 1 unspecified atom stereocenters. The van der Waals surface area contributed by atoms with Crippen LogP contribution in [0.25, 0.3) is 10.8 Å². The van der Waals surface area contributed by atoms with Crippen molar-refractivity contribution in [3.8, 4) is 18.1 Å². The van der Waals surface area contributed by atoms with Gasteiger partial charge in [-0.2, -0.15) is 0 Å². The molecule has 0 spiro atoms. The van der Waals surface area contributed by atoms with Gasteiger partial charge in [0, 0.05) is 12.5 Å². The zero-order chi connectivity index (χ0) is 14.5. The zero-order valence-electron chi connectivity index (χ0n) is 11.4. The molecule has 1 atom stereocenters. The largest absolute Gasteiger partial charge is 0.507 e. The molecule has 2 N–H and O–H groups in total. The van der Waals surface area contributed by atoms with Gasteiger partial charge in [0.15, 0.2) is 0 Å². The van der Waals surface area contributed by atoms with Gasteiger partial charge < -0.3 is 10.4 Å². The predicted octanol–water partition coefficient (Wildman–Crippen LogP) is 3.08. The molecule has 0 aliphatic carbocycles. The Labute approximate surface area is 118 Å². The van der Waals surface area contributed by atoms with Crippen LogP contribution in [0.2, 0.25) is 0 Å². The fourth-order valence-corrected chi connectivity index (χ4v) is 2.11. The summed E-state index contributed by atoms with van der Waals surface area (Å²) in [5.41, 5.74) is 0.277. The van der Waals surface area contributed by atoms with Crippen molar-refractivity contribution in [1.29, 1.82) is 0 Å². The van der Waals surface area contributed by atoms with Crippen LogP contribution >= 0.6 is 0 Å². The van der Waals surface area contributed by atoms with E-state index >= 15 is 0 Å². The summed E-state index contributed by atoms with van der Waals surface area (Å²) in [4.78, 5) is 12.2. The second-order valence-corrected chi connectivity index (χ2v) is 4.70. The Morgan fingerprint density at radius 1 is 1.35 bits per heavy atom. The van der Waals surface area contributed by atoms with Crippen molar-refractivity contribution >= 4 is 16.7 Å². The number of aromatic hydroxyl groups is 1. The molecular formula is C17H17NO2. The summed E-state index contributed by atoms with van der Waals surface area (Å²) in [5.74, 6) is 2.23. The normalized spacial score (nSPS) is 11.8. The van der Waals surface area contributed by atoms with E-state index in [1.807, 2.05) is 31.2 Å². The van der Waals surface area contributed by atoms with E-state index in [0.717, 1.165) is 17.2 Å². The number of hydrogen-bond donors (Lipinski definition) is 2. The number of phenolic OH excluding ortho intramolecular Hbond substituents is 1. The van der Waals surface area contributed by atoms with Crippen LogP contribution in [0.15, 0.2) is 36.4 Å². The average Bonchev–Trinajstić information content (AvgIpc) is 2.45. The van der Waals surface area contributed by atoms with E-state index in [-0.39, 0.29) is 23.3 Å². The van der Waals surface area contributed by atoms with Crippen molar-refractivity contribution in [2.75, 3.05) is 0 Å². The molecule has 2 aromatic carbocycles. The van der Waals surface area contributed by atoms with Crippen molar-refractivity contribution in [1.82, 2.24) is 5.32 Å². The summed E-state index contributed by atoms with van der Waals surface area (Å²) < 4.78 is 0. The fraction of sp³-hybridized carbons (Fsp3) is 0.235. The predicted molar refractivity (Wildman–Crippen MR) is 80.6 cm³/mol. The van der Waals surface area contributed by atoms with E-state index in [4.69, 9.17) is 6.42 Å². The van der Waals surface area contributed by atoms with E-state index < -0.39 is 0 Å². The number of terminal acetylenes is 1. The van der Waals surface area contributed by atoms with Gasteiger partial charge in [-0.25, -0.2) is 0 Å². The van der Waals surface area contributed by atoms with Gasteiger partial charge in [-0.15, -0.1) is 12.3 Å². The molecule has 0 heterocycles. The Morgan fingerprint density at radius 3 is 2.60 bits per heavy atom. The molecule has 0 aliphatic heterocycles. The first kappa shape index (κ1) is 14.0. The van der Waals surface area contributed by atoms with Crippen molar-refractivity contribution in [3.05, 3.63) is 42.0 Å². The molecule has 0 aliphatic rings. The molecule has 102 valence electrons. The molecule has 0 radical (unpaired) electrons. The van der Waals surface area contributed by atoms with Crippen molar-refractivity contribution in [3.63, 3.8) is 0 Å². The van der Waals surface area contributed by atoms with E-state index in [1.54, 1.807) is 12.1 Å². The summed E-state index contributed by atoms with van der Waals surface area (Å²) in [6, 6.07) is 10.8. The molecule has 2 aromatic rings. The minimum Gasteiger partial charge on any atom is -0.507 e. The standard InChI is InChI=1S/C17H17NO2/c1-3-7-14(4-2)18-17(20)15-10-12-8-5-6-9-13(12)11-16(15)19/h1,5-6,8-11,14,19H,4,7H2,2H3,(H,18,20). The lowest BCUT2D eigenvalue weighted by atomic mass is 10.0. The summed E-state index contributed by atoms with van der Waals surface area (Å²) in [7, 11) is 0. The molecular weight excluding hydrogens is 250 g/mol. The molecule has 2 rings (SSSR count). The highest BCUT2D eigenvalue weighted by Crippen LogP contribution is 2.25. The molecule has 0 saturated carbocycles. The summed E-state index contributed by atoms with van der Waals surface area (Å²) in [5, 5.41) is 14.7. The maximum atomic E-state index is 12.2. The molecule has 3 heteroatoms. The number of phenols is 1. The van der Waals surface area contributed by atoms with Gasteiger partial charge in [0.25, 0.3) is 5.91 Å². The summed E-state index contributed by atoms with van der Waals surface area (Å²) >= 11 is 0. The van der Waals surface area contributed by atoms with Gasteiger partial charge in [-0.3, -0.25) is 4.79 Å². The molecule has 0 saturated heterocycles. The van der Waals surface area contributed by atoms with Crippen LogP contribution in [0.4, 0.5) is 0 Å². The zero-order valence-corrected chi connectivity index (χ0v) is 11.4. The molecule has 0 bridgehead atoms. The number of fused-ring (bicyclic) bond motifs is 1. The number of hydrogen-bond acceptors (Lipinski definition) is 2. The average molecular weight is 267 g/mol. The Hall–Kier alpha value is -2.47. The van der Waals surface area contributed by atoms with E-state index in [0.29, 0.717) is 6.42 Å². The van der Waals surface area contributed by atoms with Gasteiger partial charge in [0.1, 0.15) is 5.75 Å². The first-order chi connectivity index (χ1) is 9.65. The maximum absolute atomic E-state index is 12.2. The molecule has 0 aromatic heterocycles. The number of rotatable bonds is 4. The van der Waals surface area contributed by atoms with Gasteiger partial charge in [-0.05, 0) is 29.3 Å². The van der Waals surface area contributed by atoms with Gasteiger partial charge in [0.2, 0.25) is 0 Å². The second-order valence-electron chi connectivity index (χ2n) is 4.70. The Balaban J connectivity index is 2.30. The topological polar surface area (TPSA) is 49.3 Å². The molecule has 3 nitrogen and oxygen atoms in total. The molecule has 0 fully saturated rings. The van der Waals surface area contributed by atoms with E-state index in [1.165, 1.54) is 0 Å². The van der Waals surface area contributed by atoms with Crippen LogP contribution in [-0.4, -0.2) is 17.1 Å². The number of nitrogens with one attached hydrogen (secondary N) is 1. The van der Waals surface area contributed by atoms with E-state index in [2.05, 4.69) is 11.2 Å². The van der Waals surface area contributed by atoms with Crippen LogP contribution in [-0.2, 0) is 0 Å². The van der Waals surface area contributed by atoms with Crippen molar-refractivity contribution < 1.29 is 9.90 Å². The summed E-state index contributed by atoms with van der Waals surface area (Å²) in [6.45, 7) is 1.96. The quantitative estimate of drug-likeness (QED) is 0.836. The SMILES string of the molecule is C#CCC(CC)NC(=O)c1cc2ccccc2cc1O. The molecule has 1 amide bonds. The van der Waals surface area contributed by atoms with Crippen molar-refractivity contribution in [2.45, 2.75) is 25.8 Å². The highest BCUT2D eigenvalue weighted by molar-refractivity contribution is 6.01. The van der Waals surface area contributed by atoms with Crippen LogP contribution in [0, 0.1) is 12.3 Å². The number of carbonyl (C=O) groups excluding carboxylic acids is 1. The first-order valence-electron chi connectivity index (χ1n) is 6.61. The summed E-state index contributed by atoms with van der Waals surface area (Å²) in [6.07, 6.45) is 6.51. The van der Waals surface area contributed by atoms with Crippen LogP contribution < -0.4 is 5.32 Å². The Bertz CT molecular complexity index is 670. The highest BCUT2D eigenvalue weighted by atomic mass is 16.3. The third-order valence-electron chi connectivity index (χ3n) is 3.30. The lowest BCUT2D eigenvalue weighted by Gasteiger charge is -2.15. The third kappa shape index (κ3) is 2.92. The Morgan fingerprint density at radius 2 is 2.00 bits per heavy atom. The minimum absolute atomic E-state index is 0.0169. The lowest BCUT2D eigenvalue weighted by Crippen LogP contribution is -2.34. The van der Waals surface area contributed by atoms with Crippen LogP contribution in [0.1, 0.15) is 30.1 Å². The minimum atomic E-state index is -0.296. The third-order valence-corrected chi connectivity index (χ3v) is 3.30. The molecule has 20 heavy (non-hydrogen) atoms. The lowest BCUT2D eigenvalue weighted by molar-refractivity contribution is 0.0934. The smallest absolute Gasteiger partial charge is 0.255 e. The van der Waals surface area contributed by atoms with Crippen molar-refractivity contribution in [2.24, 2.45) is 0 Å². The number of benzene rings is 2. The highest BCUT2D eigenvalue weighted by Gasteiger charge is 2.15. The first-order valence-corrected chi connectivity index (χ1v) is 6.61. The fourth-order valence-electron chi connectivity index (χ4n) is 2.11. The van der Waals surface area contributed by atoms with Crippen LogP contribution in [0.3, 0.4) is 0 Å². The maximum Gasteiger partial charge on any atom is 0.255 e. The second kappa shape index (κ2) is 6.12. The Kier molecular flexibility index (Phi) is 4.27.